The minimum atomic E-state index is -0.330. The Morgan fingerprint density at radius 2 is 2.10 bits per heavy atom. The second-order valence-corrected chi connectivity index (χ2v) is 4.21. The zero-order valence-electron chi connectivity index (χ0n) is 10.4. The zero-order valence-corrected chi connectivity index (χ0v) is 11.2. The molecule has 0 aliphatic heterocycles. The number of rotatable bonds is 2. The van der Waals surface area contributed by atoms with E-state index in [0.717, 1.165) is 0 Å². The van der Waals surface area contributed by atoms with Gasteiger partial charge < -0.3 is 11.1 Å². The number of hydrogen-bond donors (Lipinski definition) is 2. The summed E-state index contributed by atoms with van der Waals surface area (Å²) < 4.78 is 0. The first-order chi connectivity index (χ1) is 9.70. The average molecular weight is 287 g/mol. The van der Waals surface area contributed by atoms with Crippen molar-refractivity contribution in [3.05, 3.63) is 53.1 Å². The van der Waals surface area contributed by atoms with Crippen molar-refractivity contribution in [2.45, 2.75) is 0 Å². The summed E-state index contributed by atoms with van der Waals surface area (Å²) >= 11 is 5.93. The van der Waals surface area contributed by atoms with Gasteiger partial charge in [-0.3, -0.25) is 4.79 Å². The summed E-state index contributed by atoms with van der Waals surface area (Å²) in [4.78, 5) is 19.6. The van der Waals surface area contributed by atoms with Gasteiger partial charge in [-0.2, -0.15) is 0 Å². The third-order valence-corrected chi connectivity index (χ3v) is 2.61. The molecule has 0 unspecified atom stereocenters. The number of nitrogens with zero attached hydrogens (tertiary/aromatic N) is 2. The molecule has 0 radical (unpaired) electrons. The van der Waals surface area contributed by atoms with Crippen LogP contribution in [0, 0.1) is 11.8 Å². The summed E-state index contributed by atoms with van der Waals surface area (Å²) in [7, 11) is 0. The highest BCUT2D eigenvalue weighted by atomic mass is 35.5. The molecule has 1 aromatic carbocycles. The average Bonchev–Trinajstić information content (AvgIpc) is 2.47. The van der Waals surface area contributed by atoms with E-state index in [1.165, 1.54) is 18.7 Å². The molecule has 3 N–H and O–H groups in total. The Morgan fingerprint density at radius 3 is 2.80 bits per heavy atom. The molecule has 20 heavy (non-hydrogen) atoms. The third-order valence-electron chi connectivity index (χ3n) is 2.38. The van der Waals surface area contributed by atoms with Crippen molar-refractivity contribution >= 4 is 23.2 Å². The molecule has 0 saturated heterocycles. The second-order valence-electron chi connectivity index (χ2n) is 3.78. The van der Waals surface area contributed by atoms with Crippen LogP contribution in [0.25, 0.3) is 0 Å². The molecule has 6 heteroatoms. The van der Waals surface area contributed by atoms with Crippen molar-refractivity contribution in [1.29, 1.82) is 0 Å². The summed E-state index contributed by atoms with van der Waals surface area (Å²) in [6.45, 7) is 0.239. The monoisotopic (exact) mass is 286 g/mol. The maximum atomic E-state index is 12.0. The van der Waals surface area contributed by atoms with Crippen LogP contribution in [0.5, 0.6) is 0 Å². The number of halogens is 1. The Balaban J connectivity index is 2.28. The van der Waals surface area contributed by atoms with E-state index in [1.807, 2.05) is 0 Å². The number of carbonyl (C=O) groups excluding carboxylic acids is 1. The zero-order chi connectivity index (χ0) is 14.4. The van der Waals surface area contributed by atoms with Gasteiger partial charge in [-0.25, -0.2) is 9.97 Å². The van der Waals surface area contributed by atoms with Crippen LogP contribution in [0.4, 0.5) is 5.69 Å². The van der Waals surface area contributed by atoms with Crippen molar-refractivity contribution in [3.63, 3.8) is 0 Å². The second kappa shape index (κ2) is 6.66. The van der Waals surface area contributed by atoms with Gasteiger partial charge >= 0.3 is 0 Å². The largest absolute Gasteiger partial charge is 0.321 e. The van der Waals surface area contributed by atoms with Crippen LogP contribution in [-0.4, -0.2) is 22.4 Å². The topological polar surface area (TPSA) is 80.9 Å². The first-order valence-electron chi connectivity index (χ1n) is 5.75. The van der Waals surface area contributed by atoms with Gasteiger partial charge in [0.2, 0.25) is 0 Å². The van der Waals surface area contributed by atoms with E-state index in [0.29, 0.717) is 21.8 Å². The lowest BCUT2D eigenvalue weighted by atomic mass is 10.1. The molecule has 5 nitrogen and oxygen atoms in total. The Morgan fingerprint density at radius 1 is 1.35 bits per heavy atom. The van der Waals surface area contributed by atoms with E-state index >= 15 is 0 Å². The Kier molecular flexibility index (Phi) is 4.66. The highest BCUT2D eigenvalue weighted by Gasteiger charge is 2.09. The summed E-state index contributed by atoms with van der Waals surface area (Å²) in [5.74, 6) is 5.28. The van der Waals surface area contributed by atoms with Crippen molar-refractivity contribution in [1.82, 2.24) is 9.97 Å². The van der Waals surface area contributed by atoms with Gasteiger partial charge in [0.25, 0.3) is 5.91 Å². The number of benzene rings is 1. The van der Waals surface area contributed by atoms with Gasteiger partial charge in [-0.05, 0) is 18.2 Å². The normalized spacial score (nSPS) is 9.50. The molecule has 1 amide bonds. The highest BCUT2D eigenvalue weighted by molar-refractivity contribution is 6.31. The fourth-order valence-electron chi connectivity index (χ4n) is 1.49. The first-order valence-corrected chi connectivity index (χ1v) is 6.13. The maximum Gasteiger partial charge on any atom is 0.258 e. The van der Waals surface area contributed by atoms with Gasteiger partial charge in [0.05, 0.1) is 17.8 Å². The summed E-state index contributed by atoms with van der Waals surface area (Å²) in [5.41, 5.74) is 6.86. The van der Waals surface area contributed by atoms with Gasteiger partial charge in [0.15, 0.2) is 0 Å². The molecule has 1 heterocycles. The number of nitrogens with two attached hydrogens (primary N) is 1. The first kappa shape index (κ1) is 14.0. The van der Waals surface area contributed by atoms with E-state index in [2.05, 4.69) is 27.1 Å². The number of nitrogens with one attached hydrogen (secondary N) is 1. The Bertz CT molecular complexity index is 677. The van der Waals surface area contributed by atoms with Crippen LogP contribution in [0.3, 0.4) is 0 Å². The molecule has 0 atom stereocenters. The minimum Gasteiger partial charge on any atom is -0.321 e. The molecule has 0 fully saturated rings. The van der Waals surface area contributed by atoms with Crippen LogP contribution in [-0.2, 0) is 0 Å². The fraction of sp³-hybridized carbons (Fsp3) is 0.0714. The molecule has 2 rings (SSSR count). The van der Waals surface area contributed by atoms with E-state index in [9.17, 15) is 4.79 Å². The number of amides is 1. The number of hydrogen-bond acceptors (Lipinski definition) is 4. The summed E-state index contributed by atoms with van der Waals surface area (Å²) in [6.07, 6.45) is 4.21. The van der Waals surface area contributed by atoms with E-state index in [4.69, 9.17) is 17.3 Å². The van der Waals surface area contributed by atoms with E-state index < -0.39 is 0 Å². The maximum absolute atomic E-state index is 12.0. The van der Waals surface area contributed by atoms with Crippen molar-refractivity contribution in [3.8, 4) is 11.8 Å². The van der Waals surface area contributed by atoms with Crippen LogP contribution in [0.1, 0.15) is 15.9 Å². The standard InChI is InChI=1S/C14H11ClN4O/c15-12-4-3-10(2-1-5-16)13(6-12)19-14(20)11-7-17-9-18-8-11/h3-4,6-9H,5,16H2,(H,19,20). The van der Waals surface area contributed by atoms with Gasteiger partial charge in [0.1, 0.15) is 6.33 Å². The highest BCUT2D eigenvalue weighted by Crippen LogP contribution is 2.21. The molecule has 0 saturated carbocycles. The SMILES string of the molecule is NCC#Cc1ccc(Cl)cc1NC(=O)c1cncnc1. The van der Waals surface area contributed by atoms with Gasteiger partial charge in [0, 0.05) is 23.0 Å². The molecular weight excluding hydrogens is 276 g/mol. The molecule has 0 aliphatic rings. The Labute approximate surface area is 121 Å². The predicted octanol–water partition coefficient (Wildman–Crippen LogP) is 1.69. The number of carbonyl (C=O) groups is 1. The van der Waals surface area contributed by atoms with Crippen molar-refractivity contribution < 1.29 is 4.79 Å². The van der Waals surface area contributed by atoms with Crippen LogP contribution in [0.15, 0.2) is 36.9 Å². The lowest BCUT2D eigenvalue weighted by Gasteiger charge is -2.07. The van der Waals surface area contributed by atoms with Crippen LogP contribution in [0.2, 0.25) is 5.02 Å². The summed E-state index contributed by atoms with van der Waals surface area (Å²) in [6, 6.07) is 5.05. The third kappa shape index (κ3) is 3.54. The molecular formula is C14H11ClN4O. The molecule has 0 spiro atoms. The van der Waals surface area contributed by atoms with Crippen molar-refractivity contribution in [2.75, 3.05) is 11.9 Å². The van der Waals surface area contributed by atoms with Crippen LogP contribution >= 0.6 is 11.6 Å². The quantitative estimate of drug-likeness (QED) is 0.823. The van der Waals surface area contributed by atoms with E-state index in [-0.39, 0.29) is 12.5 Å². The number of anilines is 1. The lowest BCUT2D eigenvalue weighted by molar-refractivity contribution is 0.102. The smallest absolute Gasteiger partial charge is 0.258 e. The lowest BCUT2D eigenvalue weighted by Crippen LogP contribution is -2.13. The molecule has 100 valence electrons. The predicted molar refractivity (Wildman–Crippen MR) is 77.4 cm³/mol. The van der Waals surface area contributed by atoms with Gasteiger partial charge in [-0.1, -0.05) is 23.4 Å². The van der Waals surface area contributed by atoms with Crippen molar-refractivity contribution in [2.24, 2.45) is 5.73 Å². The molecule has 0 bridgehead atoms. The molecule has 1 aromatic heterocycles. The molecule has 2 aromatic rings. The minimum absolute atomic E-state index is 0.239. The summed E-state index contributed by atoms with van der Waals surface area (Å²) in [5, 5.41) is 3.23. The van der Waals surface area contributed by atoms with Crippen LogP contribution < -0.4 is 11.1 Å². The van der Waals surface area contributed by atoms with E-state index in [1.54, 1.807) is 18.2 Å². The fourth-order valence-corrected chi connectivity index (χ4v) is 1.66. The number of aromatic nitrogens is 2. The Hall–Kier alpha value is -2.42. The van der Waals surface area contributed by atoms with Gasteiger partial charge in [-0.15, -0.1) is 0 Å². The molecule has 0 aliphatic carbocycles.